The van der Waals surface area contributed by atoms with Crippen LogP contribution in [0.1, 0.15) is 13.8 Å². The van der Waals surface area contributed by atoms with E-state index in [2.05, 4.69) is 0 Å². The minimum absolute atomic E-state index is 0.210. The molecule has 0 rings (SSSR count). The number of hydrogen-bond donors (Lipinski definition) is 0. The molecule has 0 aliphatic rings. The lowest BCUT2D eigenvalue weighted by molar-refractivity contribution is 0.221. The molecule has 0 heterocycles. The van der Waals surface area contributed by atoms with Crippen LogP contribution in [0, 0.1) is 11.3 Å². The third-order valence-electron chi connectivity index (χ3n) is 1.00. The SMILES string of the molecule is CCOP(=O)(OCC)[C@H](Cl)C#N. The second-order valence-corrected chi connectivity index (χ2v) is 4.69. The Morgan fingerprint density at radius 1 is 1.50 bits per heavy atom. The summed E-state index contributed by atoms with van der Waals surface area (Å²) in [6.07, 6.45) is 0. The maximum absolute atomic E-state index is 11.5. The van der Waals surface area contributed by atoms with E-state index in [1.807, 2.05) is 0 Å². The van der Waals surface area contributed by atoms with Crippen LogP contribution in [0.15, 0.2) is 0 Å². The molecule has 0 aliphatic heterocycles. The van der Waals surface area contributed by atoms with Gasteiger partial charge >= 0.3 is 7.60 Å². The van der Waals surface area contributed by atoms with Gasteiger partial charge in [0.2, 0.25) is 5.12 Å². The second kappa shape index (κ2) is 5.55. The summed E-state index contributed by atoms with van der Waals surface area (Å²) in [4.78, 5) is 0. The summed E-state index contributed by atoms with van der Waals surface area (Å²) in [5, 5.41) is 7.18. The Hall–Kier alpha value is -0.0700. The highest BCUT2D eigenvalue weighted by Crippen LogP contribution is 2.54. The van der Waals surface area contributed by atoms with Crippen LogP contribution in [0.2, 0.25) is 0 Å². The fraction of sp³-hybridized carbons (Fsp3) is 0.833. The lowest BCUT2D eigenvalue weighted by Crippen LogP contribution is -2.05. The second-order valence-electron chi connectivity index (χ2n) is 1.84. The molecule has 6 heteroatoms. The molecule has 0 fully saturated rings. The van der Waals surface area contributed by atoms with Crippen LogP contribution in [0.25, 0.3) is 0 Å². The lowest BCUT2D eigenvalue weighted by atomic mass is 10.9. The molecule has 0 bridgehead atoms. The van der Waals surface area contributed by atoms with Crippen molar-refractivity contribution in [3.8, 4) is 6.07 Å². The van der Waals surface area contributed by atoms with Crippen molar-refractivity contribution in [3.63, 3.8) is 0 Å². The van der Waals surface area contributed by atoms with E-state index in [-0.39, 0.29) is 13.2 Å². The summed E-state index contributed by atoms with van der Waals surface area (Å²) in [7, 11) is -3.41. The van der Waals surface area contributed by atoms with Crippen molar-refractivity contribution in [3.05, 3.63) is 0 Å². The molecule has 4 nitrogen and oxygen atoms in total. The van der Waals surface area contributed by atoms with Gasteiger partial charge in [0.25, 0.3) is 0 Å². The molecule has 0 unspecified atom stereocenters. The molecule has 0 aromatic rings. The average molecular weight is 212 g/mol. The normalized spacial score (nSPS) is 13.8. The van der Waals surface area contributed by atoms with E-state index in [1.165, 1.54) is 0 Å². The van der Waals surface area contributed by atoms with Gasteiger partial charge in [0.1, 0.15) is 0 Å². The highest BCUT2D eigenvalue weighted by Gasteiger charge is 2.33. The molecule has 1 atom stereocenters. The van der Waals surface area contributed by atoms with Crippen LogP contribution < -0.4 is 0 Å². The van der Waals surface area contributed by atoms with Crippen LogP contribution in [-0.4, -0.2) is 18.3 Å². The molecular weight excluding hydrogens is 200 g/mol. The zero-order chi connectivity index (χ0) is 9.61. The van der Waals surface area contributed by atoms with E-state index in [0.717, 1.165) is 0 Å². The number of nitrogens with zero attached hydrogens (tertiary/aromatic N) is 1. The van der Waals surface area contributed by atoms with E-state index >= 15 is 0 Å². The van der Waals surface area contributed by atoms with Crippen LogP contribution in [0.3, 0.4) is 0 Å². The van der Waals surface area contributed by atoms with Crippen molar-refractivity contribution in [2.75, 3.05) is 13.2 Å². The van der Waals surface area contributed by atoms with Gasteiger partial charge in [-0.3, -0.25) is 4.57 Å². The number of nitriles is 1. The summed E-state index contributed by atoms with van der Waals surface area (Å²) in [5.41, 5.74) is 0. The molecule has 0 aromatic carbocycles. The van der Waals surface area contributed by atoms with Crippen molar-refractivity contribution in [1.29, 1.82) is 5.26 Å². The smallest absolute Gasteiger partial charge is 0.307 e. The molecule has 0 radical (unpaired) electrons. The summed E-state index contributed by atoms with van der Waals surface area (Å²) in [6.45, 7) is 3.74. The predicted molar refractivity (Wildman–Crippen MR) is 46.1 cm³/mol. The highest BCUT2D eigenvalue weighted by atomic mass is 35.5. The van der Waals surface area contributed by atoms with Crippen LogP contribution in [-0.2, 0) is 13.6 Å². The zero-order valence-electron chi connectivity index (χ0n) is 6.99. The van der Waals surface area contributed by atoms with Gasteiger partial charge in [-0.15, -0.1) is 0 Å². The third kappa shape index (κ3) is 3.12. The van der Waals surface area contributed by atoms with Gasteiger partial charge in [-0.05, 0) is 13.8 Å². The standard InChI is InChI=1S/C6H11ClNO3P/c1-3-10-12(9,11-4-2)6(7)5-8/h6H,3-4H2,1-2H3/t6-/m0/s1. The molecule has 0 saturated heterocycles. The fourth-order valence-corrected chi connectivity index (χ4v) is 2.13. The van der Waals surface area contributed by atoms with Gasteiger partial charge in [0.05, 0.1) is 19.3 Å². The van der Waals surface area contributed by atoms with Gasteiger partial charge in [0.15, 0.2) is 0 Å². The Labute approximate surface area is 76.9 Å². The number of hydrogen-bond acceptors (Lipinski definition) is 4. The van der Waals surface area contributed by atoms with E-state index in [9.17, 15) is 4.57 Å². The highest BCUT2D eigenvalue weighted by molar-refractivity contribution is 7.56. The first kappa shape index (κ1) is 11.9. The number of alkyl halides is 1. The molecule has 0 amide bonds. The Bertz CT molecular complexity index is 205. The van der Waals surface area contributed by atoms with Crippen molar-refractivity contribution >= 4 is 19.2 Å². The maximum atomic E-state index is 11.5. The lowest BCUT2D eigenvalue weighted by Gasteiger charge is -2.16. The third-order valence-corrected chi connectivity index (χ3v) is 3.72. The molecule has 0 aliphatic carbocycles. The molecule has 0 N–H and O–H groups in total. The quantitative estimate of drug-likeness (QED) is 0.517. The molecule has 0 saturated carbocycles. The molecular formula is C6H11ClNO3P. The Morgan fingerprint density at radius 2 is 1.92 bits per heavy atom. The average Bonchev–Trinajstić information content (AvgIpc) is 2.04. The number of halogens is 1. The maximum Gasteiger partial charge on any atom is 0.362 e. The largest absolute Gasteiger partial charge is 0.362 e. The summed E-state index contributed by atoms with van der Waals surface area (Å²) in [6, 6.07) is 1.63. The van der Waals surface area contributed by atoms with E-state index in [0.29, 0.717) is 0 Å². The molecule has 12 heavy (non-hydrogen) atoms. The van der Waals surface area contributed by atoms with E-state index in [4.69, 9.17) is 25.9 Å². The van der Waals surface area contributed by atoms with Crippen molar-refractivity contribution in [2.24, 2.45) is 0 Å². The van der Waals surface area contributed by atoms with Gasteiger partial charge in [-0.1, -0.05) is 11.6 Å². The van der Waals surface area contributed by atoms with Crippen molar-refractivity contribution in [1.82, 2.24) is 0 Å². The topological polar surface area (TPSA) is 59.3 Å². The van der Waals surface area contributed by atoms with Crippen molar-refractivity contribution in [2.45, 2.75) is 19.0 Å². The molecule has 0 aromatic heterocycles. The predicted octanol–water partition coefficient (Wildman–Crippen LogP) is 2.34. The fourth-order valence-electron chi connectivity index (χ4n) is 0.599. The van der Waals surface area contributed by atoms with Gasteiger partial charge in [0, 0.05) is 0 Å². The van der Waals surface area contributed by atoms with Gasteiger partial charge in [-0.25, -0.2) is 0 Å². The first-order chi connectivity index (χ1) is 5.60. The van der Waals surface area contributed by atoms with Crippen molar-refractivity contribution < 1.29 is 13.6 Å². The summed E-state index contributed by atoms with van der Waals surface area (Å²) >= 11 is 5.46. The Morgan fingerprint density at radius 3 is 2.17 bits per heavy atom. The first-order valence-corrected chi connectivity index (χ1v) is 5.58. The van der Waals surface area contributed by atoms with Gasteiger partial charge < -0.3 is 9.05 Å². The van der Waals surface area contributed by atoms with E-state index < -0.39 is 12.7 Å². The van der Waals surface area contributed by atoms with Crippen LogP contribution in [0.5, 0.6) is 0 Å². The van der Waals surface area contributed by atoms with E-state index in [1.54, 1.807) is 19.9 Å². The zero-order valence-corrected chi connectivity index (χ0v) is 8.64. The van der Waals surface area contributed by atoms with Crippen LogP contribution in [0.4, 0.5) is 0 Å². The molecule has 0 spiro atoms. The minimum atomic E-state index is -3.41. The summed E-state index contributed by atoms with van der Waals surface area (Å²) < 4.78 is 21.1. The Kier molecular flexibility index (Phi) is 5.52. The van der Waals surface area contributed by atoms with Gasteiger partial charge in [-0.2, -0.15) is 5.26 Å². The van der Waals surface area contributed by atoms with Crippen LogP contribution >= 0.6 is 19.2 Å². The monoisotopic (exact) mass is 211 g/mol. The molecule has 70 valence electrons. The summed E-state index contributed by atoms with van der Waals surface area (Å²) in [5.74, 6) is 0. The Balaban J connectivity index is 4.40. The first-order valence-electron chi connectivity index (χ1n) is 3.53. The number of rotatable bonds is 5. The minimum Gasteiger partial charge on any atom is -0.307 e.